The van der Waals surface area contributed by atoms with Gasteiger partial charge in [0.15, 0.2) is 10.6 Å². The third-order valence-corrected chi connectivity index (χ3v) is 5.03. The lowest BCUT2D eigenvalue weighted by molar-refractivity contribution is -0.117. The van der Waals surface area contributed by atoms with Crippen LogP contribution in [0.3, 0.4) is 0 Å². The summed E-state index contributed by atoms with van der Waals surface area (Å²) in [4.78, 5) is 17.4. The van der Waals surface area contributed by atoms with Crippen molar-refractivity contribution in [3.05, 3.63) is 63.6 Å². The zero-order chi connectivity index (χ0) is 16.4. The monoisotopic (exact) mass is 350 g/mol. The number of rotatable bonds is 4. The van der Waals surface area contributed by atoms with Crippen molar-refractivity contribution in [2.75, 3.05) is 0 Å². The molecule has 0 bridgehead atoms. The second-order valence-corrected chi connectivity index (χ2v) is 6.82. The van der Waals surface area contributed by atoms with Gasteiger partial charge in [-0.15, -0.1) is 17.9 Å². The Morgan fingerprint density at radius 1 is 1.39 bits per heavy atom. The SMILES string of the molecule is C=CCn1c(=NC(=O)Cc2cccs2)sc2cc(F)cc(F)c21. The van der Waals surface area contributed by atoms with Crippen molar-refractivity contribution >= 4 is 38.8 Å². The van der Waals surface area contributed by atoms with Crippen LogP contribution in [0.2, 0.25) is 0 Å². The summed E-state index contributed by atoms with van der Waals surface area (Å²) in [6.07, 6.45) is 1.77. The van der Waals surface area contributed by atoms with Gasteiger partial charge >= 0.3 is 0 Å². The van der Waals surface area contributed by atoms with E-state index in [2.05, 4.69) is 11.6 Å². The molecule has 0 aliphatic heterocycles. The number of carbonyl (C=O) groups excluding carboxylic acids is 1. The van der Waals surface area contributed by atoms with Crippen LogP contribution in [-0.4, -0.2) is 10.5 Å². The molecule has 0 saturated carbocycles. The number of hydrogen-bond acceptors (Lipinski definition) is 3. The van der Waals surface area contributed by atoms with Crippen molar-refractivity contribution in [3.8, 4) is 0 Å². The van der Waals surface area contributed by atoms with Crippen LogP contribution in [0.4, 0.5) is 8.78 Å². The van der Waals surface area contributed by atoms with Crippen molar-refractivity contribution < 1.29 is 13.6 Å². The summed E-state index contributed by atoms with van der Waals surface area (Å²) in [5, 5.41) is 1.89. The van der Waals surface area contributed by atoms with Crippen LogP contribution in [0.1, 0.15) is 4.88 Å². The molecule has 0 aliphatic carbocycles. The minimum absolute atomic E-state index is 0.191. The molecule has 3 rings (SSSR count). The number of thiazole rings is 1. The minimum Gasteiger partial charge on any atom is -0.310 e. The maximum absolute atomic E-state index is 14.1. The van der Waals surface area contributed by atoms with Crippen molar-refractivity contribution in [2.45, 2.75) is 13.0 Å². The molecule has 0 aliphatic rings. The molecule has 2 aromatic heterocycles. The molecule has 2 heterocycles. The van der Waals surface area contributed by atoms with Gasteiger partial charge in [-0.2, -0.15) is 4.99 Å². The molecule has 0 N–H and O–H groups in total. The Morgan fingerprint density at radius 2 is 2.22 bits per heavy atom. The fraction of sp³-hybridized carbons (Fsp3) is 0.125. The molecule has 1 amide bonds. The van der Waals surface area contributed by atoms with E-state index >= 15 is 0 Å². The predicted octanol–water partition coefficient (Wildman–Crippen LogP) is 3.90. The van der Waals surface area contributed by atoms with Crippen LogP contribution in [-0.2, 0) is 17.8 Å². The molecule has 0 spiro atoms. The summed E-state index contributed by atoms with van der Waals surface area (Å²) in [5.74, 6) is -1.65. The Kier molecular flexibility index (Phi) is 4.49. The zero-order valence-corrected chi connectivity index (χ0v) is 13.6. The highest BCUT2D eigenvalue weighted by Crippen LogP contribution is 2.22. The van der Waals surface area contributed by atoms with Crippen LogP contribution < -0.4 is 4.80 Å². The molecule has 118 valence electrons. The maximum Gasteiger partial charge on any atom is 0.253 e. The number of benzene rings is 1. The third-order valence-electron chi connectivity index (χ3n) is 3.13. The van der Waals surface area contributed by atoms with Gasteiger partial charge in [0.1, 0.15) is 5.82 Å². The number of thiophene rings is 1. The molecule has 3 nitrogen and oxygen atoms in total. The van der Waals surface area contributed by atoms with Gasteiger partial charge in [-0.3, -0.25) is 4.79 Å². The molecule has 0 atom stereocenters. The summed E-state index contributed by atoms with van der Waals surface area (Å²) >= 11 is 2.56. The molecule has 0 radical (unpaired) electrons. The summed E-state index contributed by atoms with van der Waals surface area (Å²) in [7, 11) is 0. The van der Waals surface area contributed by atoms with Gasteiger partial charge in [-0.05, 0) is 17.5 Å². The average Bonchev–Trinajstić information content (AvgIpc) is 3.08. The molecule has 0 fully saturated rings. The minimum atomic E-state index is -0.676. The highest BCUT2D eigenvalue weighted by Gasteiger charge is 2.13. The number of halogens is 2. The van der Waals surface area contributed by atoms with E-state index in [9.17, 15) is 13.6 Å². The van der Waals surface area contributed by atoms with E-state index in [0.717, 1.165) is 22.3 Å². The molecule has 7 heteroatoms. The smallest absolute Gasteiger partial charge is 0.253 e. The number of carbonyl (C=O) groups is 1. The fourth-order valence-electron chi connectivity index (χ4n) is 2.22. The van der Waals surface area contributed by atoms with Gasteiger partial charge < -0.3 is 4.57 Å². The molecule has 0 saturated heterocycles. The first-order chi connectivity index (χ1) is 11.1. The van der Waals surface area contributed by atoms with Crippen molar-refractivity contribution in [1.29, 1.82) is 0 Å². The van der Waals surface area contributed by atoms with Crippen molar-refractivity contribution in [1.82, 2.24) is 4.57 Å². The highest BCUT2D eigenvalue weighted by atomic mass is 32.1. The summed E-state index contributed by atoms with van der Waals surface area (Å²) < 4.78 is 29.4. The molecular formula is C16H12F2N2OS2. The summed E-state index contributed by atoms with van der Waals surface area (Å²) in [6, 6.07) is 5.79. The van der Waals surface area contributed by atoms with Gasteiger partial charge in [0.25, 0.3) is 5.91 Å². The van der Waals surface area contributed by atoms with Gasteiger partial charge in [0.2, 0.25) is 0 Å². The second kappa shape index (κ2) is 6.55. The van der Waals surface area contributed by atoms with Crippen LogP contribution >= 0.6 is 22.7 Å². The normalized spacial score (nSPS) is 12.0. The molecular weight excluding hydrogens is 338 g/mol. The quantitative estimate of drug-likeness (QED) is 0.657. The second-order valence-electron chi connectivity index (χ2n) is 4.78. The standard InChI is InChI=1S/C16H12F2N2OS2/c1-2-5-20-15-12(18)7-10(17)8-13(15)23-16(20)19-14(21)9-11-4-3-6-22-11/h2-4,6-8H,1,5,9H2. The van der Waals surface area contributed by atoms with E-state index in [1.165, 1.54) is 22.0 Å². The van der Waals surface area contributed by atoms with Gasteiger partial charge in [0.05, 0.1) is 16.6 Å². The molecule has 3 aromatic rings. The zero-order valence-electron chi connectivity index (χ0n) is 12.0. The third kappa shape index (κ3) is 3.30. The number of allylic oxidation sites excluding steroid dienone is 1. The maximum atomic E-state index is 14.1. The van der Waals surface area contributed by atoms with E-state index in [0.29, 0.717) is 9.50 Å². The van der Waals surface area contributed by atoms with Gasteiger partial charge in [0, 0.05) is 17.5 Å². The Hall–Kier alpha value is -2.12. The summed E-state index contributed by atoms with van der Waals surface area (Å²) in [6.45, 7) is 3.92. The first-order valence-electron chi connectivity index (χ1n) is 6.77. The van der Waals surface area contributed by atoms with Crippen LogP contribution in [0.25, 0.3) is 10.2 Å². The number of aromatic nitrogens is 1. The lowest BCUT2D eigenvalue weighted by Crippen LogP contribution is -2.17. The Labute approximate surface area is 138 Å². The van der Waals surface area contributed by atoms with E-state index in [1.807, 2.05) is 17.5 Å². The fourth-order valence-corrected chi connectivity index (χ4v) is 4.01. The largest absolute Gasteiger partial charge is 0.310 e. The average molecular weight is 350 g/mol. The first-order valence-corrected chi connectivity index (χ1v) is 8.47. The van der Waals surface area contributed by atoms with Gasteiger partial charge in [-0.1, -0.05) is 23.5 Å². The number of amides is 1. The molecule has 0 unspecified atom stereocenters. The van der Waals surface area contributed by atoms with Crippen molar-refractivity contribution in [3.63, 3.8) is 0 Å². The molecule has 23 heavy (non-hydrogen) atoms. The summed E-state index contributed by atoms with van der Waals surface area (Å²) in [5.41, 5.74) is 0.235. The van der Waals surface area contributed by atoms with Crippen LogP contribution in [0.15, 0.2) is 47.3 Å². The highest BCUT2D eigenvalue weighted by molar-refractivity contribution is 7.16. The van der Waals surface area contributed by atoms with E-state index in [-0.39, 0.29) is 24.4 Å². The lowest BCUT2D eigenvalue weighted by atomic mass is 10.3. The number of hydrogen-bond donors (Lipinski definition) is 0. The van der Waals surface area contributed by atoms with E-state index in [1.54, 1.807) is 6.08 Å². The van der Waals surface area contributed by atoms with E-state index in [4.69, 9.17) is 0 Å². The Morgan fingerprint density at radius 3 is 2.91 bits per heavy atom. The van der Waals surface area contributed by atoms with E-state index < -0.39 is 11.6 Å². The molecule has 1 aromatic carbocycles. The Balaban J connectivity index is 2.10. The number of fused-ring (bicyclic) bond motifs is 1. The predicted molar refractivity (Wildman–Crippen MR) is 88.5 cm³/mol. The van der Waals surface area contributed by atoms with Crippen LogP contribution in [0, 0.1) is 11.6 Å². The van der Waals surface area contributed by atoms with Crippen LogP contribution in [0.5, 0.6) is 0 Å². The lowest BCUT2D eigenvalue weighted by Gasteiger charge is -2.02. The number of nitrogens with zero attached hydrogens (tertiary/aromatic N) is 2. The first kappa shape index (κ1) is 15.8. The Bertz CT molecular complexity index is 939. The van der Waals surface area contributed by atoms with Gasteiger partial charge in [-0.25, -0.2) is 8.78 Å². The van der Waals surface area contributed by atoms with Crippen molar-refractivity contribution in [2.24, 2.45) is 4.99 Å². The topological polar surface area (TPSA) is 34.4 Å².